The minimum Gasteiger partial charge on any atom is -0.323 e. The summed E-state index contributed by atoms with van der Waals surface area (Å²) in [5.41, 5.74) is 5.91. The fraction of sp³-hybridized carbons (Fsp3) is 0.846. The van der Waals surface area contributed by atoms with Gasteiger partial charge in [-0.1, -0.05) is 51.5 Å². The molecule has 0 fully saturated rings. The largest absolute Gasteiger partial charge is 0.323 e. The van der Waals surface area contributed by atoms with E-state index in [1.807, 2.05) is 13.1 Å². The number of nitrogens with one attached hydrogen (secondary N) is 1. The van der Waals surface area contributed by atoms with Crippen LogP contribution in [0.15, 0.2) is 12.7 Å². The molecule has 0 aliphatic rings. The zero-order valence-corrected chi connectivity index (χ0v) is 10.5. The zero-order chi connectivity index (χ0) is 11.5. The number of rotatable bonds is 10. The van der Waals surface area contributed by atoms with E-state index in [9.17, 15) is 0 Å². The van der Waals surface area contributed by atoms with Crippen molar-refractivity contribution >= 4 is 0 Å². The van der Waals surface area contributed by atoms with Gasteiger partial charge in [0.15, 0.2) is 0 Å². The molecule has 0 saturated carbocycles. The Morgan fingerprint density at radius 3 is 2.33 bits per heavy atom. The maximum Gasteiger partial charge on any atom is 0.0377 e. The lowest BCUT2D eigenvalue weighted by atomic mass is 10.0. The van der Waals surface area contributed by atoms with Crippen molar-refractivity contribution in [3.63, 3.8) is 0 Å². The monoisotopic (exact) mass is 212 g/mol. The molecule has 0 bridgehead atoms. The van der Waals surface area contributed by atoms with E-state index in [-0.39, 0.29) is 6.04 Å². The normalized spacial score (nSPS) is 14.9. The summed E-state index contributed by atoms with van der Waals surface area (Å²) < 4.78 is 0. The molecule has 15 heavy (non-hydrogen) atoms. The van der Waals surface area contributed by atoms with Gasteiger partial charge >= 0.3 is 0 Å². The third-order valence-electron chi connectivity index (χ3n) is 2.98. The van der Waals surface area contributed by atoms with E-state index >= 15 is 0 Å². The quantitative estimate of drug-likeness (QED) is 0.432. The van der Waals surface area contributed by atoms with Gasteiger partial charge in [-0.25, -0.2) is 0 Å². The Hall–Kier alpha value is -0.340. The van der Waals surface area contributed by atoms with Crippen molar-refractivity contribution in [1.82, 2.24) is 5.32 Å². The number of likely N-dealkylation sites (N-methyl/N-ethyl adjacent to an activating group) is 1. The predicted molar refractivity (Wildman–Crippen MR) is 69.0 cm³/mol. The van der Waals surface area contributed by atoms with Crippen LogP contribution in [0.1, 0.15) is 51.9 Å². The van der Waals surface area contributed by atoms with Gasteiger partial charge in [-0.3, -0.25) is 0 Å². The molecule has 0 rings (SSSR count). The first-order chi connectivity index (χ1) is 7.26. The van der Waals surface area contributed by atoms with Gasteiger partial charge in [0.25, 0.3) is 0 Å². The minimum absolute atomic E-state index is 0.0886. The van der Waals surface area contributed by atoms with Crippen LogP contribution in [0.2, 0.25) is 0 Å². The third kappa shape index (κ3) is 7.57. The Morgan fingerprint density at radius 2 is 1.80 bits per heavy atom. The van der Waals surface area contributed by atoms with Gasteiger partial charge in [0.05, 0.1) is 0 Å². The van der Waals surface area contributed by atoms with Crippen LogP contribution < -0.4 is 11.1 Å². The molecule has 0 aliphatic heterocycles. The lowest BCUT2D eigenvalue weighted by Crippen LogP contribution is -2.41. The molecule has 90 valence electrons. The average molecular weight is 212 g/mol. The predicted octanol–water partition coefficient (Wildman–Crippen LogP) is 2.84. The molecule has 0 saturated heterocycles. The fourth-order valence-electron chi connectivity index (χ4n) is 1.84. The van der Waals surface area contributed by atoms with Gasteiger partial charge in [-0.15, -0.1) is 6.58 Å². The van der Waals surface area contributed by atoms with E-state index in [0.29, 0.717) is 6.04 Å². The van der Waals surface area contributed by atoms with Crippen LogP contribution >= 0.6 is 0 Å². The molecule has 2 nitrogen and oxygen atoms in total. The van der Waals surface area contributed by atoms with Gasteiger partial charge in [0, 0.05) is 12.1 Å². The molecule has 0 aromatic rings. The number of unbranched alkanes of at least 4 members (excludes halogenated alkanes) is 5. The van der Waals surface area contributed by atoms with Gasteiger partial charge in [0.2, 0.25) is 0 Å². The van der Waals surface area contributed by atoms with Crippen LogP contribution in [-0.4, -0.2) is 19.1 Å². The van der Waals surface area contributed by atoms with E-state index < -0.39 is 0 Å². The second-order valence-corrected chi connectivity index (χ2v) is 4.26. The Kier molecular flexibility index (Phi) is 9.96. The molecule has 0 aromatic heterocycles. The fourth-order valence-corrected chi connectivity index (χ4v) is 1.84. The average Bonchev–Trinajstić information content (AvgIpc) is 2.27. The van der Waals surface area contributed by atoms with Crippen molar-refractivity contribution in [3.05, 3.63) is 12.7 Å². The highest BCUT2D eigenvalue weighted by molar-refractivity contribution is 4.91. The van der Waals surface area contributed by atoms with Crippen LogP contribution in [0.25, 0.3) is 0 Å². The summed E-state index contributed by atoms with van der Waals surface area (Å²) in [6.45, 7) is 5.98. The Morgan fingerprint density at radius 1 is 1.20 bits per heavy atom. The zero-order valence-electron chi connectivity index (χ0n) is 10.5. The van der Waals surface area contributed by atoms with Crippen molar-refractivity contribution in [2.24, 2.45) is 5.73 Å². The van der Waals surface area contributed by atoms with E-state index in [0.717, 1.165) is 6.42 Å². The van der Waals surface area contributed by atoms with E-state index in [1.165, 1.54) is 38.5 Å². The number of hydrogen-bond acceptors (Lipinski definition) is 2. The molecule has 0 heterocycles. The van der Waals surface area contributed by atoms with Crippen LogP contribution in [0.3, 0.4) is 0 Å². The summed E-state index contributed by atoms with van der Waals surface area (Å²) in [6.07, 6.45) is 11.1. The maximum absolute atomic E-state index is 5.91. The van der Waals surface area contributed by atoms with E-state index in [1.54, 1.807) is 0 Å². The summed E-state index contributed by atoms with van der Waals surface area (Å²) in [5, 5.41) is 3.26. The molecule has 2 unspecified atom stereocenters. The van der Waals surface area contributed by atoms with Gasteiger partial charge < -0.3 is 11.1 Å². The number of hydrogen-bond donors (Lipinski definition) is 2. The highest BCUT2D eigenvalue weighted by Gasteiger charge is 2.11. The van der Waals surface area contributed by atoms with Crippen LogP contribution in [-0.2, 0) is 0 Å². The van der Waals surface area contributed by atoms with Gasteiger partial charge in [0.1, 0.15) is 0 Å². The SMILES string of the molecule is C=CC(N)C(CCCCCCCC)NC. The first kappa shape index (κ1) is 14.7. The van der Waals surface area contributed by atoms with E-state index in [2.05, 4.69) is 18.8 Å². The molecule has 0 amide bonds. The summed E-state index contributed by atoms with van der Waals surface area (Å²) in [6, 6.07) is 0.485. The second kappa shape index (κ2) is 10.2. The topological polar surface area (TPSA) is 38.0 Å². The molecule has 0 aliphatic carbocycles. The summed E-state index contributed by atoms with van der Waals surface area (Å²) in [4.78, 5) is 0. The molecular formula is C13H28N2. The lowest BCUT2D eigenvalue weighted by Gasteiger charge is -2.20. The molecule has 2 atom stereocenters. The molecule has 0 aromatic carbocycles. The summed E-state index contributed by atoms with van der Waals surface area (Å²) in [7, 11) is 1.98. The Balaban J connectivity index is 3.42. The van der Waals surface area contributed by atoms with Crippen LogP contribution in [0.5, 0.6) is 0 Å². The molecular weight excluding hydrogens is 184 g/mol. The maximum atomic E-state index is 5.91. The van der Waals surface area contributed by atoms with Crippen molar-refractivity contribution in [2.75, 3.05) is 7.05 Å². The van der Waals surface area contributed by atoms with Gasteiger partial charge in [-0.05, 0) is 13.5 Å². The van der Waals surface area contributed by atoms with Gasteiger partial charge in [-0.2, -0.15) is 0 Å². The van der Waals surface area contributed by atoms with Crippen molar-refractivity contribution < 1.29 is 0 Å². The Labute approximate surface area is 95.3 Å². The second-order valence-electron chi connectivity index (χ2n) is 4.26. The third-order valence-corrected chi connectivity index (χ3v) is 2.98. The first-order valence-electron chi connectivity index (χ1n) is 6.31. The highest BCUT2D eigenvalue weighted by Crippen LogP contribution is 2.09. The molecule has 0 radical (unpaired) electrons. The Bertz CT molecular complexity index is 145. The first-order valence-corrected chi connectivity index (χ1v) is 6.31. The van der Waals surface area contributed by atoms with Crippen molar-refractivity contribution in [2.45, 2.75) is 64.0 Å². The van der Waals surface area contributed by atoms with Crippen molar-refractivity contribution in [1.29, 1.82) is 0 Å². The van der Waals surface area contributed by atoms with Crippen LogP contribution in [0.4, 0.5) is 0 Å². The van der Waals surface area contributed by atoms with Crippen LogP contribution in [0, 0.1) is 0 Å². The standard InChI is InChI=1S/C13H28N2/c1-4-6-7-8-9-10-11-13(15-3)12(14)5-2/h5,12-13,15H,2,4,6-11,14H2,1,3H3. The molecule has 0 spiro atoms. The van der Waals surface area contributed by atoms with Crippen molar-refractivity contribution in [3.8, 4) is 0 Å². The molecule has 3 N–H and O–H groups in total. The summed E-state index contributed by atoms with van der Waals surface area (Å²) >= 11 is 0. The highest BCUT2D eigenvalue weighted by atomic mass is 14.9. The summed E-state index contributed by atoms with van der Waals surface area (Å²) in [5.74, 6) is 0. The smallest absolute Gasteiger partial charge is 0.0377 e. The lowest BCUT2D eigenvalue weighted by molar-refractivity contribution is 0.450. The molecule has 2 heteroatoms. The van der Waals surface area contributed by atoms with E-state index in [4.69, 9.17) is 5.73 Å². The minimum atomic E-state index is 0.0886. The number of nitrogens with two attached hydrogens (primary N) is 1.